The van der Waals surface area contributed by atoms with Crippen molar-refractivity contribution in [3.63, 3.8) is 0 Å². The van der Waals surface area contributed by atoms with Crippen LogP contribution < -0.4 is 4.90 Å². The number of nitrogens with one attached hydrogen (secondary N) is 1. The molecule has 0 unspecified atom stereocenters. The molecule has 0 aliphatic carbocycles. The van der Waals surface area contributed by atoms with E-state index in [9.17, 15) is 14.0 Å². The highest BCUT2D eigenvalue weighted by Crippen LogP contribution is 2.43. The minimum absolute atomic E-state index is 0.0220. The summed E-state index contributed by atoms with van der Waals surface area (Å²) in [5.74, 6) is -0.481. The van der Waals surface area contributed by atoms with Crippen LogP contribution in [0.2, 0.25) is 0 Å². The Kier molecular flexibility index (Phi) is 5.10. The van der Waals surface area contributed by atoms with E-state index in [1.165, 1.54) is 27.6 Å². The van der Waals surface area contributed by atoms with E-state index < -0.39 is 5.37 Å². The SMILES string of the molecule is C[C@@H]1S[C@H](c2ccccc2F)N(CC(=O)N2CC[NH+](C)CC2)C1=O. The molecule has 0 spiro atoms. The van der Waals surface area contributed by atoms with E-state index in [0.29, 0.717) is 18.7 Å². The summed E-state index contributed by atoms with van der Waals surface area (Å²) in [6.07, 6.45) is 0. The van der Waals surface area contributed by atoms with Crippen molar-refractivity contribution in [2.75, 3.05) is 39.8 Å². The normalized spacial score (nSPS) is 25.4. The number of carbonyl (C=O) groups is 2. The maximum Gasteiger partial charge on any atom is 0.242 e. The van der Waals surface area contributed by atoms with Gasteiger partial charge in [-0.05, 0) is 13.0 Å². The summed E-state index contributed by atoms with van der Waals surface area (Å²) in [5, 5.41) is -0.699. The molecule has 0 saturated carbocycles. The number of likely N-dealkylation sites (N-methyl/N-ethyl adjacent to an activating group) is 1. The van der Waals surface area contributed by atoms with E-state index in [2.05, 4.69) is 7.05 Å². The topological polar surface area (TPSA) is 45.1 Å². The first kappa shape index (κ1) is 17.2. The summed E-state index contributed by atoms with van der Waals surface area (Å²) in [7, 11) is 2.11. The second-order valence-corrected chi connectivity index (χ2v) is 7.88. The zero-order chi connectivity index (χ0) is 17.3. The highest BCUT2D eigenvalue weighted by molar-refractivity contribution is 8.01. The van der Waals surface area contributed by atoms with Gasteiger partial charge in [-0.25, -0.2) is 4.39 Å². The van der Waals surface area contributed by atoms with Crippen molar-refractivity contribution in [3.8, 4) is 0 Å². The molecule has 1 aromatic carbocycles. The number of nitrogens with zero attached hydrogens (tertiary/aromatic N) is 2. The lowest BCUT2D eigenvalue weighted by molar-refractivity contribution is -0.883. The Morgan fingerprint density at radius 2 is 2.00 bits per heavy atom. The first-order valence-corrected chi connectivity index (χ1v) is 9.21. The number of quaternary nitrogens is 1. The van der Waals surface area contributed by atoms with Crippen LogP contribution >= 0.6 is 11.8 Å². The molecule has 2 aliphatic heterocycles. The van der Waals surface area contributed by atoms with Gasteiger partial charge < -0.3 is 14.7 Å². The minimum Gasteiger partial charge on any atom is -0.334 e. The third-order valence-corrected chi connectivity index (χ3v) is 6.07. The summed E-state index contributed by atoms with van der Waals surface area (Å²) < 4.78 is 14.2. The number of thioether (sulfide) groups is 1. The molecule has 0 bridgehead atoms. The Morgan fingerprint density at radius 3 is 2.67 bits per heavy atom. The average Bonchev–Trinajstić information content (AvgIpc) is 2.84. The van der Waals surface area contributed by atoms with E-state index >= 15 is 0 Å². The van der Waals surface area contributed by atoms with Crippen LogP contribution in [0.25, 0.3) is 0 Å². The Balaban J connectivity index is 1.75. The van der Waals surface area contributed by atoms with Crippen molar-refractivity contribution >= 4 is 23.6 Å². The largest absolute Gasteiger partial charge is 0.334 e. The van der Waals surface area contributed by atoms with Crippen LogP contribution in [-0.4, -0.2) is 66.6 Å². The number of amides is 2. The van der Waals surface area contributed by atoms with Crippen LogP contribution in [0.3, 0.4) is 0 Å². The van der Waals surface area contributed by atoms with Gasteiger partial charge in [-0.3, -0.25) is 9.59 Å². The molecule has 2 fully saturated rings. The zero-order valence-electron chi connectivity index (χ0n) is 14.0. The molecule has 2 amide bonds. The van der Waals surface area contributed by atoms with Gasteiger partial charge in [0.2, 0.25) is 11.8 Å². The monoisotopic (exact) mass is 352 g/mol. The quantitative estimate of drug-likeness (QED) is 0.842. The molecule has 130 valence electrons. The molecule has 1 N–H and O–H groups in total. The molecule has 2 atom stereocenters. The highest BCUT2D eigenvalue weighted by Gasteiger charge is 2.41. The lowest BCUT2D eigenvalue weighted by Gasteiger charge is -2.32. The summed E-state index contributed by atoms with van der Waals surface area (Å²) in [6, 6.07) is 6.48. The van der Waals surface area contributed by atoms with E-state index in [4.69, 9.17) is 0 Å². The van der Waals surface area contributed by atoms with Crippen LogP contribution in [0.5, 0.6) is 0 Å². The van der Waals surface area contributed by atoms with Crippen molar-refractivity contribution in [1.82, 2.24) is 9.80 Å². The maximum absolute atomic E-state index is 14.2. The molecule has 24 heavy (non-hydrogen) atoms. The Bertz CT molecular complexity index is 634. The van der Waals surface area contributed by atoms with Gasteiger partial charge in [0.1, 0.15) is 17.7 Å². The summed E-state index contributed by atoms with van der Waals surface area (Å²) in [6.45, 7) is 5.08. The number of rotatable bonds is 3. The van der Waals surface area contributed by atoms with Gasteiger partial charge in [-0.15, -0.1) is 11.8 Å². The number of piperazine rings is 1. The molecule has 2 aliphatic rings. The minimum atomic E-state index is -0.435. The van der Waals surface area contributed by atoms with Gasteiger partial charge in [-0.1, -0.05) is 18.2 Å². The molecule has 7 heteroatoms. The first-order valence-electron chi connectivity index (χ1n) is 8.27. The van der Waals surface area contributed by atoms with Crippen molar-refractivity contribution in [2.24, 2.45) is 0 Å². The first-order chi connectivity index (χ1) is 11.5. The van der Waals surface area contributed by atoms with Crippen molar-refractivity contribution in [1.29, 1.82) is 0 Å². The highest BCUT2D eigenvalue weighted by atomic mass is 32.2. The van der Waals surface area contributed by atoms with Gasteiger partial charge in [0.25, 0.3) is 0 Å². The molecular weight excluding hydrogens is 329 g/mol. The van der Waals surface area contributed by atoms with Gasteiger partial charge in [0.15, 0.2) is 0 Å². The Morgan fingerprint density at radius 1 is 1.33 bits per heavy atom. The fourth-order valence-electron chi connectivity index (χ4n) is 3.14. The average molecular weight is 352 g/mol. The van der Waals surface area contributed by atoms with Crippen LogP contribution in [0, 0.1) is 5.82 Å². The number of hydrogen-bond acceptors (Lipinski definition) is 3. The Labute approximate surface area is 145 Å². The van der Waals surface area contributed by atoms with Gasteiger partial charge in [-0.2, -0.15) is 0 Å². The molecule has 5 nitrogen and oxygen atoms in total. The second kappa shape index (κ2) is 7.11. The summed E-state index contributed by atoms with van der Waals surface area (Å²) >= 11 is 1.40. The van der Waals surface area contributed by atoms with Gasteiger partial charge in [0.05, 0.1) is 38.5 Å². The molecule has 2 heterocycles. The van der Waals surface area contributed by atoms with E-state index in [1.807, 2.05) is 11.8 Å². The molecule has 1 aromatic rings. The van der Waals surface area contributed by atoms with Crippen LogP contribution in [0.15, 0.2) is 24.3 Å². The summed E-state index contributed by atoms with van der Waals surface area (Å²) in [4.78, 5) is 29.8. The van der Waals surface area contributed by atoms with E-state index in [-0.39, 0.29) is 29.4 Å². The number of hydrogen-bond donors (Lipinski definition) is 1. The fourth-order valence-corrected chi connectivity index (χ4v) is 4.44. The summed E-state index contributed by atoms with van der Waals surface area (Å²) in [5.41, 5.74) is 0.468. The molecule has 0 radical (unpaired) electrons. The number of carbonyl (C=O) groups excluding carboxylic acids is 2. The fraction of sp³-hybridized carbons (Fsp3) is 0.529. The van der Waals surface area contributed by atoms with Crippen LogP contribution in [0.4, 0.5) is 4.39 Å². The van der Waals surface area contributed by atoms with E-state index in [0.717, 1.165) is 13.1 Å². The van der Waals surface area contributed by atoms with Gasteiger partial charge in [0, 0.05) is 5.56 Å². The Hall–Kier alpha value is -1.60. The van der Waals surface area contributed by atoms with Crippen molar-refractivity contribution < 1.29 is 18.9 Å². The second-order valence-electron chi connectivity index (χ2n) is 6.46. The van der Waals surface area contributed by atoms with Gasteiger partial charge >= 0.3 is 0 Å². The maximum atomic E-state index is 14.2. The smallest absolute Gasteiger partial charge is 0.242 e. The van der Waals surface area contributed by atoms with Crippen molar-refractivity contribution in [2.45, 2.75) is 17.5 Å². The predicted molar refractivity (Wildman–Crippen MR) is 91.1 cm³/mol. The molecule has 3 rings (SSSR count). The lowest BCUT2D eigenvalue weighted by atomic mass is 10.2. The number of benzene rings is 1. The van der Waals surface area contributed by atoms with Crippen LogP contribution in [0.1, 0.15) is 17.9 Å². The lowest BCUT2D eigenvalue weighted by Crippen LogP contribution is -3.12. The number of halogens is 1. The predicted octanol–water partition coefficient (Wildman–Crippen LogP) is 0.145. The third-order valence-electron chi connectivity index (χ3n) is 4.69. The van der Waals surface area contributed by atoms with Crippen molar-refractivity contribution in [3.05, 3.63) is 35.6 Å². The third kappa shape index (κ3) is 3.42. The molecular formula is C17H23FN3O2S+. The van der Waals surface area contributed by atoms with E-state index in [1.54, 1.807) is 18.2 Å². The molecule has 0 aromatic heterocycles. The van der Waals surface area contributed by atoms with Crippen LogP contribution in [-0.2, 0) is 9.59 Å². The zero-order valence-corrected chi connectivity index (χ0v) is 14.8. The standard InChI is InChI=1S/C17H22FN3O2S/c1-12-16(23)21(11-15(22)20-9-7-19(2)8-10-20)17(24-12)13-5-3-4-6-14(13)18/h3-6,12,17H,7-11H2,1-2H3/p+1/t12-,17+/m0/s1. The molecule has 2 saturated heterocycles.